The Morgan fingerprint density at radius 1 is 1.00 bits per heavy atom. The lowest BCUT2D eigenvalue weighted by molar-refractivity contribution is 0.0945. The Kier molecular flexibility index (Phi) is 6.63. The predicted octanol–water partition coefficient (Wildman–Crippen LogP) is 5.50. The highest BCUT2D eigenvalue weighted by Gasteiger charge is 2.19. The van der Waals surface area contributed by atoms with Crippen LogP contribution in [0, 0.1) is 0 Å². The second kappa shape index (κ2) is 9.58. The molecule has 0 saturated heterocycles. The van der Waals surface area contributed by atoms with Gasteiger partial charge in [-0.1, -0.05) is 36.4 Å². The first-order valence-electron chi connectivity index (χ1n) is 9.91. The molecule has 1 N–H and O–H groups in total. The number of fused-ring (bicyclic) bond motifs is 1. The lowest BCUT2D eigenvalue weighted by atomic mass is 10.1. The van der Waals surface area contributed by atoms with Gasteiger partial charge in [-0.15, -0.1) is 11.3 Å². The molecule has 5 nitrogen and oxygen atoms in total. The van der Waals surface area contributed by atoms with E-state index >= 15 is 0 Å². The molecule has 31 heavy (non-hydrogen) atoms. The highest BCUT2D eigenvalue weighted by molar-refractivity contribution is 9.11. The Labute approximate surface area is 193 Å². The van der Waals surface area contributed by atoms with Crippen LogP contribution in [0.4, 0.5) is 0 Å². The van der Waals surface area contributed by atoms with Gasteiger partial charge in [0.25, 0.3) is 5.91 Å². The summed E-state index contributed by atoms with van der Waals surface area (Å²) >= 11 is 5.18. The molecule has 0 unspecified atom stereocenters. The summed E-state index contributed by atoms with van der Waals surface area (Å²) in [6.07, 6.45) is 0.697. The minimum Gasteiger partial charge on any atom is -0.496 e. The van der Waals surface area contributed by atoms with Gasteiger partial charge in [-0.3, -0.25) is 4.79 Å². The Morgan fingerprint density at radius 2 is 1.65 bits per heavy atom. The monoisotopic (exact) mass is 498 g/mol. The standard InChI is InChI=1S/C24H23BrN2O3S/c1-29-20-9-5-3-7-16(20)11-12-26-24(28)19-13-22-18(14-23(25)31-22)27(19)15-17-8-4-6-10-21(17)30-2/h3-10,13-14H,11-12,15H2,1-2H3,(H,26,28). The summed E-state index contributed by atoms with van der Waals surface area (Å²) in [6.45, 7) is 1.07. The SMILES string of the molecule is COc1ccccc1CCNC(=O)c1cc2sc(Br)cc2n1Cc1ccccc1OC. The zero-order valence-corrected chi connectivity index (χ0v) is 19.8. The van der Waals surface area contributed by atoms with E-state index in [1.54, 1.807) is 25.6 Å². The molecular formula is C24H23BrN2O3S. The second-order valence-corrected chi connectivity index (χ2v) is 9.51. The van der Waals surface area contributed by atoms with Gasteiger partial charge in [0.05, 0.1) is 34.8 Å². The van der Waals surface area contributed by atoms with Gasteiger partial charge in [-0.2, -0.15) is 0 Å². The molecule has 4 aromatic rings. The molecule has 7 heteroatoms. The van der Waals surface area contributed by atoms with E-state index in [2.05, 4.69) is 27.3 Å². The zero-order chi connectivity index (χ0) is 21.8. The summed E-state index contributed by atoms with van der Waals surface area (Å²) < 4.78 is 15.1. The Hall–Kier alpha value is -2.77. The van der Waals surface area contributed by atoms with Crippen LogP contribution in [0.25, 0.3) is 10.2 Å². The topological polar surface area (TPSA) is 52.5 Å². The van der Waals surface area contributed by atoms with Crippen LogP contribution in [-0.4, -0.2) is 31.2 Å². The van der Waals surface area contributed by atoms with E-state index < -0.39 is 0 Å². The first-order chi connectivity index (χ1) is 15.1. The average molecular weight is 499 g/mol. The molecule has 2 heterocycles. The van der Waals surface area contributed by atoms with Gasteiger partial charge in [0.15, 0.2) is 0 Å². The largest absolute Gasteiger partial charge is 0.496 e. The maximum atomic E-state index is 13.1. The summed E-state index contributed by atoms with van der Waals surface area (Å²) in [5.41, 5.74) is 3.75. The van der Waals surface area contributed by atoms with Crippen LogP contribution in [0.2, 0.25) is 0 Å². The van der Waals surface area contributed by atoms with Crippen LogP contribution in [0.3, 0.4) is 0 Å². The number of rotatable bonds is 8. The van der Waals surface area contributed by atoms with E-state index in [1.165, 1.54) is 0 Å². The van der Waals surface area contributed by atoms with Gasteiger partial charge in [-0.25, -0.2) is 0 Å². The Morgan fingerprint density at radius 3 is 2.35 bits per heavy atom. The van der Waals surface area contributed by atoms with Crippen molar-refractivity contribution in [3.63, 3.8) is 0 Å². The fraction of sp³-hybridized carbons (Fsp3) is 0.208. The molecule has 0 fully saturated rings. The van der Waals surface area contributed by atoms with E-state index in [1.807, 2.05) is 59.2 Å². The number of methoxy groups -OCH3 is 2. The predicted molar refractivity (Wildman–Crippen MR) is 129 cm³/mol. The summed E-state index contributed by atoms with van der Waals surface area (Å²) in [5, 5.41) is 3.07. The van der Waals surface area contributed by atoms with Crippen LogP contribution in [-0.2, 0) is 13.0 Å². The van der Waals surface area contributed by atoms with Crippen LogP contribution >= 0.6 is 27.3 Å². The van der Waals surface area contributed by atoms with Crippen LogP contribution < -0.4 is 14.8 Å². The minimum absolute atomic E-state index is 0.0932. The van der Waals surface area contributed by atoms with Crippen molar-refractivity contribution < 1.29 is 14.3 Å². The number of hydrogen-bond donors (Lipinski definition) is 1. The van der Waals surface area contributed by atoms with Gasteiger partial charge in [0.2, 0.25) is 0 Å². The molecule has 0 aliphatic heterocycles. The summed E-state index contributed by atoms with van der Waals surface area (Å²) in [6, 6.07) is 19.8. The number of carbonyl (C=O) groups is 1. The van der Waals surface area contributed by atoms with Gasteiger partial charge in [-0.05, 0) is 52.2 Å². The molecule has 2 aromatic carbocycles. The van der Waals surface area contributed by atoms with Crippen molar-refractivity contribution in [1.82, 2.24) is 9.88 Å². The number of para-hydroxylation sites is 2. The number of hydrogen-bond acceptors (Lipinski definition) is 4. The number of halogens is 1. The van der Waals surface area contributed by atoms with Crippen molar-refractivity contribution in [2.75, 3.05) is 20.8 Å². The quantitative estimate of drug-likeness (QED) is 0.348. The molecule has 1 amide bonds. The number of amides is 1. The second-order valence-electron chi connectivity index (χ2n) is 7.05. The third kappa shape index (κ3) is 4.62. The van der Waals surface area contributed by atoms with E-state index in [0.717, 1.165) is 36.6 Å². The minimum atomic E-state index is -0.0932. The number of thiophene rings is 1. The highest BCUT2D eigenvalue weighted by atomic mass is 79.9. The average Bonchev–Trinajstić information content (AvgIpc) is 3.31. The molecule has 4 rings (SSSR count). The van der Waals surface area contributed by atoms with Crippen molar-refractivity contribution in [2.45, 2.75) is 13.0 Å². The maximum Gasteiger partial charge on any atom is 0.267 e. The smallest absolute Gasteiger partial charge is 0.267 e. The number of carbonyl (C=O) groups excluding carboxylic acids is 1. The number of nitrogens with zero attached hydrogens (tertiary/aromatic N) is 1. The van der Waals surface area contributed by atoms with Gasteiger partial charge >= 0.3 is 0 Å². The van der Waals surface area contributed by atoms with Crippen molar-refractivity contribution in [1.29, 1.82) is 0 Å². The normalized spacial score (nSPS) is 10.9. The molecule has 0 radical (unpaired) electrons. The number of ether oxygens (including phenoxy) is 2. The first kappa shape index (κ1) is 21.5. The first-order valence-corrected chi connectivity index (χ1v) is 11.5. The van der Waals surface area contributed by atoms with Crippen molar-refractivity contribution in [3.8, 4) is 11.5 Å². The fourth-order valence-corrected chi connectivity index (χ4v) is 5.25. The molecular weight excluding hydrogens is 476 g/mol. The van der Waals surface area contributed by atoms with Gasteiger partial charge < -0.3 is 19.4 Å². The lowest BCUT2D eigenvalue weighted by Crippen LogP contribution is -2.28. The van der Waals surface area contributed by atoms with E-state index in [9.17, 15) is 4.79 Å². The molecule has 0 atom stereocenters. The number of benzene rings is 2. The van der Waals surface area contributed by atoms with Gasteiger partial charge in [0.1, 0.15) is 17.2 Å². The molecule has 0 saturated carbocycles. The summed E-state index contributed by atoms with van der Waals surface area (Å²) in [4.78, 5) is 13.1. The van der Waals surface area contributed by atoms with Crippen LogP contribution in [0.15, 0.2) is 64.5 Å². The molecule has 0 bridgehead atoms. The fourth-order valence-electron chi connectivity index (χ4n) is 3.68. The molecule has 0 aliphatic rings. The third-order valence-corrected chi connectivity index (χ3v) is 6.76. The van der Waals surface area contributed by atoms with E-state index in [0.29, 0.717) is 25.2 Å². The van der Waals surface area contributed by atoms with Crippen LogP contribution in [0.1, 0.15) is 21.6 Å². The summed E-state index contributed by atoms with van der Waals surface area (Å²) in [5.74, 6) is 1.55. The highest BCUT2D eigenvalue weighted by Crippen LogP contribution is 2.33. The van der Waals surface area contributed by atoms with Crippen molar-refractivity contribution in [3.05, 3.63) is 81.3 Å². The molecule has 160 valence electrons. The van der Waals surface area contributed by atoms with Crippen molar-refractivity contribution >= 4 is 43.4 Å². The Balaban J connectivity index is 1.57. The molecule has 2 aromatic heterocycles. The van der Waals surface area contributed by atoms with Crippen molar-refractivity contribution in [2.24, 2.45) is 0 Å². The zero-order valence-electron chi connectivity index (χ0n) is 17.4. The molecule has 0 aliphatic carbocycles. The number of nitrogens with one attached hydrogen (secondary N) is 1. The lowest BCUT2D eigenvalue weighted by Gasteiger charge is -2.14. The Bertz CT molecular complexity index is 1210. The van der Waals surface area contributed by atoms with E-state index in [-0.39, 0.29) is 5.91 Å². The van der Waals surface area contributed by atoms with Gasteiger partial charge in [0, 0.05) is 12.1 Å². The number of aromatic nitrogens is 1. The third-order valence-electron chi connectivity index (χ3n) is 5.19. The maximum absolute atomic E-state index is 13.1. The van der Waals surface area contributed by atoms with E-state index in [4.69, 9.17) is 9.47 Å². The summed E-state index contributed by atoms with van der Waals surface area (Å²) in [7, 11) is 3.32. The molecule has 0 spiro atoms. The van der Waals surface area contributed by atoms with Crippen LogP contribution in [0.5, 0.6) is 11.5 Å².